The number of ether oxygens (including phenoxy) is 1. The number of thiazole rings is 1. The Morgan fingerprint density at radius 3 is 2.35 bits per heavy atom. The predicted molar refractivity (Wildman–Crippen MR) is 199 cm³/mol. The molecule has 6 rings (SSSR count). The highest BCUT2D eigenvalue weighted by Gasteiger charge is 2.24. The van der Waals surface area contributed by atoms with Crippen LogP contribution < -0.4 is 20.7 Å². The number of thioether (sulfide) groups is 1. The molecule has 0 saturated heterocycles. The van der Waals surface area contributed by atoms with Gasteiger partial charge in [0.2, 0.25) is 5.91 Å². The van der Waals surface area contributed by atoms with Crippen molar-refractivity contribution in [1.29, 1.82) is 0 Å². The van der Waals surface area contributed by atoms with Gasteiger partial charge in [0.25, 0.3) is 11.8 Å². The number of carbonyl (C=O) groups excluding carboxylic acids is 3. The van der Waals surface area contributed by atoms with Crippen LogP contribution >= 0.6 is 34.4 Å². The molecule has 4 aromatic carbocycles. The van der Waals surface area contributed by atoms with Crippen molar-refractivity contribution in [2.75, 3.05) is 17.7 Å². The van der Waals surface area contributed by atoms with Gasteiger partial charge in [-0.3, -0.25) is 14.4 Å². The molecule has 11 heteroatoms. The number of carbonyl (C=O) groups is 3. The number of hydrogen-bond donors (Lipinski definition) is 3. The summed E-state index contributed by atoms with van der Waals surface area (Å²) in [6.07, 6.45) is 1.59. The highest BCUT2D eigenvalue weighted by Crippen LogP contribution is 2.38. The van der Waals surface area contributed by atoms with Crippen LogP contribution in [0.2, 0.25) is 0 Å². The molecule has 2 heterocycles. The van der Waals surface area contributed by atoms with Gasteiger partial charge >= 0.3 is 0 Å². The standard InChI is InChI=1S/C38H30N4O4S3/c1-46-29-17-8-11-25(21-29)22-31(40-35(43)27-14-6-3-7-15-27)36(44)39-28-16-9-18-30(23-28)49-34(26-12-4-2-5-13-26)37(45)42-38-41-32(24-48-38)33-19-10-20-47-33/h2-24,34H,1H3,(H,39,44)(H,40,43)(H,41,42,45)/b31-22-. The Bertz CT molecular complexity index is 2080. The van der Waals surface area contributed by atoms with E-state index in [1.807, 2.05) is 71.4 Å². The molecule has 0 aliphatic rings. The molecule has 0 spiro atoms. The Morgan fingerprint density at radius 1 is 0.816 bits per heavy atom. The predicted octanol–water partition coefficient (Wildman–Crippen LogP) is 8.76. The van der Waals surface area contributed by atoms with Gasteiger partial charge in [-0.15, -0.1) is 34.4 Å². The highest BCUT2D eigenvalue weighted by molar-refractivity contribution is 8.00. The third-order valence-electron chi connectivity index (χ3n) is 7.13. The lowest BCUT2D eigenvalue weighted by atomic mass is 10.1. The lowest BCUT2D eigenvalue weighted by Gasteiger charge is -2.17. The van der Waals surface area contributed by atoms with Gasteiger partial charge in [-0.2, -0.15) is 0 Å². The van der Waals surface area contributed by atoms with Gasteiger partial charge in [0.05, 0.1) is 17.7 Å². The number of anilines is 2. The first-order valence-electron chi connectivity index (χ1n) is 15.1. The lowest BCUT2D eigenvalue weighted by Crippen LogP contribution is -2.30. The Labute approximate surface area is 295 Å². The minimum absolute atomic E-state index is 0.0482. The molecule has 3 N–H and O–H groups in total. The second-order valence-corrected chi connectivity index (χ2v) is 13.5. The quantitative estimate of drug-likeness (QED) is 0.0869. The van der Waals surface area contributed by atoms with Crippen LogP contribution in [-0.2, 0) is 9.59 Å². The normalized spacial score (nSPS) is 11.7. The van der Waals surface area contributed by atoms with Gasteiger partial charge in [-0.1, -0.05) is 72.8 Å². The van der Waals surface area contributed by atoms with Crippen LogP contribution in [0.1, 0.15) is 26.7 Å². The average Bonchev–Trinajstić information content (AvgIpc) is 3.84. The molecule has 6 aromatic rings. The minimum atomic E-state index is -0.602. The molecular formula is C38H30N4O4S3. The Hall–Kier alpha value is -5.49. The molecule has 0 bridgehead atoms. The molecule has 0 aliphatic carbocycles. The van der Waals surface area contributed by atoms with Crippen LogP contribution in [0.5, 0.6) is 5.75 Å². The molecule has 3 amide bonds. The summed E-state index contributed by atoms with van der Waals surface area (Å²) in [4.78, 5) is 46.9. The number of rotatable bonds is 12. The fourth-order valence-electron chi connectivity index (χ4n) is 4.76. The molecule has 2 aromatic heterocycles. The van der Waals surface area contributed by atoms with E-state index in [0.717, 1.165) is 21.0 Å². The van der Waals surface area contributed by atoms with Gasteiger partial charge in [0.15, 0.2) is 5.13 Å². The van der Waals surface area contributed by atoms with Crippen molar-refractivity contribution in [2.45, 2.75) is 10.1 Å². The number of aromatic nitrogens is 1. The Morgan fingerprint density at radius 2 is 1.59 bits per heavy atom. The van der Waals surface area contributed by atoms with E-state index in [2.05, 4.69) is 20.9 Å². The van der Waals surface area contributed by atoms with Gasteiger partial charge in [-0.25, -0.2) is 4.98 Å². The van der Waals surface area contributed by atoms with E-state index in [1.165, 1.54) is 23.1 Å². The summed E-state index contributed by atoms with van der Waals surface area (Å²) in [5.41, 5.74) is 3.27. The van der Waals surface area contributed by atoms with Crippen molar-refractivity contribution < 1.29 is 19.1 Å². The average molecular weight is 703 g/mol. The summed E-state index contributed by atoms with van der Waals surface area (Å²) in [5.74, 6) is -0.544. The Kier molecular flexibility index (Phi) is 11.0. The van der Waals surface area contributed by atoms with Crippen molar-refractivity contribution in [1.82, 2.24) is 10.3 Å². The highest BCUT2D eigenvalue weighted by atomic mass is 32.2. The van der Waals surface area contributed by atoms with E-state index in [4.69, 9.17) is 4.74 Å². The number of nitrogens with one attached hydrogen (secondary N) is 3. The van der Waals surface area contributed by atoms with Crippen LogP contribution in [0, 0.1) is 0 Å². The molecule has 8 nitrogen and oxygen atoms in total. The van der Waals surface area contributed by atoms with E-state index in [1.54, 1.807) is 85.2 Å². The van der Waals surface area contributed by atoms with E-state index < -0.39 is 17.1 Å². The summed E-state index contributed by atoms with van der Waals surface area (Å²) in [6, 6.07) is 36.6. The minimum Gasteiger partial charge on any atom is -0.497 e. The zero-order valence-electron chi connectivity index (χ0n) is 26.2. The fraction of sp³-hybridized carbons (Fsp3) is 0.0526. The third-order valence-corrected chi connectivity index (χ3v) is 10.0. The van der Waals surface area contributed by atoms with Crippen molar-refractivity contribution in [3.8, 4) is 16.3 Å². The van der Waals surface area contributed by atoms with E-state index in [-0.39, 0.29) is 11.6 Å². The number of hydrogen-bond acceptors (Lipinski definition) is 8. The molecular weight excluding hydrogens is 673 g/mol. The fourth-order valence-corrected chi connectivity index (χ4v) is 7.32. The maximum Gasteiger partial charge on any atom is 0.272 e. The van der Waals surface area contributed by atoms with Crippen LogP contribution in [0.3, 0.4) is 0 Å². The molecule has 1 unspecified atom stereocenters. The van der Waals surface area contributed by atoms with E-state index in [9.17, 15) is 14.4 Å². The summed E-state index contributed by atoms with van der Waals surface area (Å²) < 4.78 is 5.34. The molecule has 244 valence electrons. The van der Waals surface area contributed by atoms with Gasteiger partial charge < -0.3 is 20.7 Å². The maximum absolute atomic E-state index is 13.7. The smallest absolute Gasteiger partial charge is 0.272 e. The summed E-state index contributed by atoms with van der Waals surface area (Å²) in [7, 11) is 1.56. The summed E-state index contributed by atoms with van der Waals surface area (Å²) in [5, 5.41) is 12.5. The third kappa shape index (κ3) is 8.90. The first-order valence-corrected chi connectivity index (χ1v) is 17.7. The van der Waals surface area contributed by atoms with Crippen molar-refractivity contribution in [3.05, 3.63) is 154 Å². The van der Waals surface area contributed by atoms with Crippen molar-refractivity contribution >= 4 is 69.1 Å². The largest absolute Gasteiger partial charge is 0.497 e. The number of thiophene rings is 1. The van der Waals surface area contributed by atoms with Gasteiger partial charge in [-0.05, 0) is 71.1 Å². The second kappa shape index (κ2) is 16.1. The Balaban J connectivity index is 1.22. The van der Waals surface area contributed by atoms with Crippen LogP contribution in [0.15, 0.2) is 143 Å². The topological polar surface area (TPSA) is 109 Å². The number of methoxy groups -OCH3 is 1. The molecule has 0 fully saturated rings. The van der Waals surface area contributed by atoms with Crippen LogP contribution in [-0.4, -0.2) is 29.8 Å². The number of benzene rings is 4. The number of nitrogens with zero attached hydrogens (tertiary/aromatic N) is 1. The second-order valence-electron chi connectivity index (χ2n) is 10.5. The van der Waals surface area contributed by atoms with Crippen LogP contribution in [0.4, 0.5) is 10.8 Å². The lowest BCUT2D eigenvalue weighted by molar-refractivity contribution is -0.116. The molecule has 0 radical (unpaired) electrons. The van der Waals surface area contributed by atoms with Gasteiger partial charge in [0, 0.05) is 21.5 Å². The summed E-state index contributed by atoms with van der Waals surface area (Å²) in [6.45, 7) is 0. The monoisotopic (exact) mass is 702 g/mol. The molecule has 1 atom stereocenters. The van der Waals surface area contributed by atoms with Gasteiger partial charge in [0.1, 0.15) is 16.7 Å². The zero-order chi connectivity index (χ0) is 34.0. The molecule has 0 saturated carbocycles. The van der Waals surface area contributed by atoms with E-state index in [0.29, 0.717) is 27.7 Å². The molecule has 0 aliphatic heterocycles. The first kappa shape index (κ1) is 33.4. The number of amides is 3. The zero-order valence-corrected chi connectivity index (χ0v) is 28.6. The van der Waals surface area contributed by atoms with Crippen molar-refractivity contribution in [3.63, 3.8) is 0 Å². The van der Waals surface area contributed by atoms with Crippen LogP contribution in [0.25, 0.3) is 16.6 Å². The first-order chi connectivity index (χ1) is 23.9. The van der Waals surface area contributed by atoms with Crippen molar-refractivity contribution in [2.24, 2.45) is 0 Å². The molecule has 49 heavy (non-hydrogen) atoms. The maximum atomic E-state index is 13.7. The summed E-state index contributed by atoms with van der Waals surface area (Å²) >= 11 is 4.32. The SMILES string of the molecule is COc1cccc(/C=C(\NC(=O)c2ccccc2)C(=O)Nc2cccc(SC(C(=O)Nc3nc(-c4cccs4)cs3)c3ccccc3)c2)c1. The van der Waals surface area contributed by atoms with E-state index >= 15 is 0 Å².